The van der Waals surface area contributed by atoms with E-state index in [1.54, 1.807) is 0 Å². The van der Waals surface area contributed by atoms with Crippen molar-refractivity contribution in [2.45, 2.75) is 4.90 Å². The van der Waals surface area contributed by atoms with Crippen molar-refractivity contribution in [3.8, 4) is 0 Å². The van der Waals surface area contributed by atoms with Gasteiger partial charge in [-0.15, -0.1) is 0 Å². The highest BCUT2D eigenvalue weighted by molar-refractivity contribution is 9.10. The van der Waals surface area contributed by atoms with E-state index in [1.807, 2.05) is 0 Å². The second kappa shape index (κ2) is 5.89. The van der Waals surface area contributed by atoms with Crippen molar-refractivity contribution in [2.24, 2.45) is 0 Å². The number of benzene rings is 2. The molecule has 0 amide bonds. The predicted octanol–water partition coefficient (Wildman–Crippen LogP) is 4.70. The van der Waals surface area contributed by atoms with Crippen molar-refractivity contribution >= 4 is 54.8 Å². The van der Waals surface area contributed by atoms with Gasteiger partial charge in [0.05, 0.1) is 20.6 Å². The van der Waals surface area contributed by atoms with E-state index in [0.717, 1.165) is 24.3 Å². The van der Waals surface area contributed by atoms with Gasteiger partial charge in [0.25, 0.3) is 10.0 Å². The van der Waals surface area contributed by atoms with Crippen LogP contribution in [0.2, 0.25) is 10.0 Å². The molecule has 20 heavy (non-hydrogen) atoms. The van der Waals surface area contributed by atoms with Gasteiger partial charge in [0.15, 0.2) is 0 Å². The zero-order chi connectivity index (χ0) is 14.9. The van der Waals surface area contributed by atoms with E-state index in [4.69, 9.17) is 23.2 Å². The number of anilines is 1. The first-order valence-electron chi connectivity index (χ1n) is 5.22. The molecule has 1 N–H and O–H groups in total. The van der Waals surface area contributed by atoms with Crippen LogP contribution < -0.4 is 4.72 Å². The third-order valence-electron chi connectivity index (χ3n) is 2.37. The van der Waals surface area contributed by atoms with Gasteiger partial charge in [0, 0.05) is 4.47 Å². The molecule has 0 bridgehead atoms. The lowest BCUT2D eigenvalue weighted by molar-refractivity contribution is 0.599. The van der Waals surface area contributed by atoms with Gasteiger partial charge in [-0.05, 0) is 36.4 Å². The molecule has 0 aliphatic heterocycles. The van der Waals surface area contributed by atoms with E-state index < -0.39 is 15.8 Å². The SMILES string of the molecule is O=S(=O)(Nc1c(Cl)cc(Br)cc1Cl)c1ccc(F)cc1. The van der Waals surface area contributed by atoms with Gasteiger partial charge in [0.2, 0.25) is 0 Å². The van der Waals surface area contributed by atoms with E-state index in [0.29, 0.717) is 4.47 Å². The minimum Gasteiger partial charge on any atom is -0.277 e. The summed E-state index contributed by atoms with van der Waals surface area (Å²) in [6.07, 6.45) is 0. The van der Waals surface area contributed by atoms with Crippen LogP contribution in [0, 0.1) is 5.82 Å². The minimum absolute atomic E-state index is 0.0702. The Balaban J connectivity index is 2.41. The number of hydrogen-bond acceptors (Lipinski definition) is 2. The highest BCUT2D eigenvalue weighted by Gasteiger charge is 2.18. The van der Waals surface area contributed by atoms with Crippen LogP contribution in [0.4, 0.5) is 10.1 Å². The minimum atomic E-state index is -3.89. The molecule has 0 aliphatic carbocycles. The monoisotopic (exact) mass is 397 g/mol. The van der Waals surface area contributed by atoms with Crippen LogP contribution in [0.3, 0.4) is 0 Å². The molecule has 0 saturated carbocycles. The van der Waals surface area contributed by atoms with E-state index in [1.165, 1.54) is 12.1 Å². The van der Waals surface area contributed by atoms with Crippen LogP contribution in [0.15, 0.2) is 45.8 Å². The Bertz CT molecular complexity index is 728. The number of nitrogens with one attached hydrogen (secondary N) is 1. The Labute approximate surface area is 133 Å². The van der Waals surface area contributed by atoms with Crippen LogP contribution in [0.25, 0.3) is 0 Å². The van der Waals surface area contributed by atoms with Gasteiger partial charge in [-0.25, -0.2) is 12.8 Å². The van der Waals surface area contributed by atoms with Crippen molar-refractivity contribution in [3.63, 3.8) is 0 Å². The summed E-state index contributed by atoms with van der Waals surface area (Å²) >= 11 is 15.1. The molecule has 8 heteroatoms. The third kappa shape index (κ3) is 3.44. The highest BCUT2D eigenvalue weighted by atomic mass is 79.9. The second-order valence-electron chi connectivity index (χ2n) is 3.80. The van der Waals surface area contributed by atoms with Crippen molar-refractivity contribution in [1.29, 1.82) is 0 Å². The van der Waals surface area contributed by atoms with E-state index >= 15 is 0 Å². The predicted molar refractivity (Wildman–Crippen MR) is 81.4 cm³/mol. The van der Waals surface area contributed by atoms with Gasteiger partial charge in [-0.3, -0.25) is 4.72 Å². The molecule has 0 atom stereocenters. The molecule has 3 nitrogen and oxygen atoms in total. The second-order valence-corrected chi connectivity index (χ2v) is 7.22. The van der Waals surface area contributed by atoms with E-state index in [-0.39, 0.29) is 20.6 Å². The Morgan fingerprint density at radius 3 is 2.05 bits per heavy atom. The lowest BCUT2D eigenvalue weighted by atomic mass is 10.3. The zero-order valence-corrected chi connectivity index (χ0v) is 13.6. The van der Waals surface area contributed by atoms with Crippen LogP contribution in [0.1, 0.15) is 0 Å². The summed E-state index contributed by atoms with van der Waals surface area (Å²) in [7, 11) is -3.89. The standard InChI is InChI=1S/C12H7BrCl2FNO2S/c13-7-5-10(14)12(11(15)6-7)17-20(18,19)9-3-1-8(16)2-4-9/h1-6,17H. The van der Waals surface area contributed by atoms with Crippen molar-refractivity contribution in [1.82, 2.24) is 0 Å². The van der Waals surface area contributed by atoms with Crippen molar-refractivity contribution in [3.05, 3.63) is 56.7 Å². The van der Waals surface area contributed by atoms with Gasteiger partial charge >= 0.3 is 0 Å². The number of halogens is 4. The Morgan fingerprint density at radius 2 is 1.55 bits per heavy atom. The summed E-state index contributed by atoms with van der Waals surface area (Å²) < 4.78 is 40.0. The fourth-order valence-corrected chi connectivity index (χ4v) is 3.96. The zero-order valence-electron chi connectivity index (χ0n) is 9.70. The molecular weight excluding hydrogens is 392 g/mol. The normalized spacial score (nSPS) is 11.4. The van der Waals surface area contributed by atoms with Crippen LogP contribution in [-0.4, -0.2) is 8.42 Å². The van der Waals surface area contributed by atoms with Gasteiger partial charge in [0.1, 0.15) is 5.82 Å². The van der Waals surface area contributed by atoms with Crippen molar-refractivity contribution < 1.29 is 12.8 Å². The number of rotatable bonds is 3. The Morgan fingerprint density at radius 1 is 1.05 bits per heavy atom. The van der Waals surface area contributed by atoms with Crippen LogP contribution >= 0.6 is 39.1 Å². The lowest BCUT2D eigenvalue weighted by Crippen LogP contribution is -2.13. The van der Waals surface area contributed by atoms with Gasteiger partial charge in [-0.2, -0.15) is 0 Å². The number of hydrogen-bond donors (Lipinski definition) is 1. The van der Waals surface area contributed by atoms with Crippen LogP contribution in [-0.2, 0) is 10.0 Å². The quantitative estimate of drug-likeness (QED) is 0.814. The topological polar surface area (TPSA) is 46.2 Å². The third-order valence-corrected chi connectivity index (χ3v) is 4.79. The summed E-state index contributed by atoms with van der Waals surface area (Å²) in [6, 6.07) is 7.43. The average Bonchev–Trinajstić information content (AvgIpc) is 2.34. The van der Waals surface area contributed by atoms with E-state index in [9.17, 15) is 12.8 Å². The molecule has 0 spiro atoms. The Hall–Kier alpha value is -0.820. The van der Waals surface area contributed by atoms with Crippen molar-refractivity contribution in [2.75, 3.05) is 4.72 Å². The summed E-state index contributed by atoms with van der Waals surface area (Å²) in [6.45, 7) is 0. The molecule has 106 valence electrons. The van der Waals surface area contributed by atoms with Gasteiger partial charge < -0.3 is 0 Å². The van der Waals surface area contributed by atoms with E-state index in [2.05, 4.69) is 20.7 Å². The largest absolute Gasteiger partial charge is 0.277 e. The summed E-state index contributed by atoms with van der Waals surface area (Å²) in [4.78, 5) is -0.0889. The molecule has 0 fully saturated rings. The first kappa shape index (κ1) is 15.6. The molecule has 2 rings (SSSR count). The molecular formula is C12H7BrCl2FNO2S. The molecule has 0 aliphatic rings. The van der Waals surface area contributed by atoms with Crippen LogP contribution in [0.5, 0.6) is 0 Å². The molecule has 0 radical (unpaired) electrons. The smallest absolute Gasteiger partial charge is 0.261 e. The number of sulfonamides is 1. The summed E-state index contributed by atoms with van der Waals surface area (Å²) in [5.74, 6) is -0.524. The molecule has 2 aromatic carbocycles. The fourth-order valence-electron chi connectivity index (χ4n) is 1.45. The fraction of sp³-hybridized carbons (Fsp3) is 0. The average molecular weight is 399 g/mol. The molecule has 0 heterocycles. The maximum Gasteiger partial charge on any atom is 0.261 e. The first-order chi connectivity index (χ1) is 9.29. The maximum absolute atomic E-state index is 12.8. The first-order valence-corrected chi connectivity index (χ1v) is 8.26. The highest BCUT2D eigenvalue weighted by Crippen LogP contribution is 2.35. The lowest BCUT2D eigenvalue weighted by Gasteiger charge is -2.11. The van der Waals surface area contributed by atoms with Gasteiger partial charge in [-0.1, -0.05) is 39.1 Å². The Kier molecular flexibility index (Phi) is 4.59. The molecule has 0 saturated heterocycles. The molecule has 0 aromatic heterocycles. The summed E-state index contributed by atoms with van der Waals surface area (Å²) in [5, 5.41) is 0.296. The summed E-state index contributed by atoms with van der Waals surface area (Å²) in [5.41, 5.74) is 0.0702. The molecule has 0 unspecified atom stereocenters. The molecule has 2 aromatic rings. The maximum atomic E-state index is 12.8.